The van der Waals surface area contributed by atoms with Gasteiger partial charge in [-0.2, -0.15) is 0 Å². The monoisotopic (exact) mass is 334 g/mol. The number of aliphatic hydroxyl groups excluding tert-OH is 1. The highest BCUT2D eigenvalue weighted by Crippen LogP contribution is 2.22. The highest BCUT2D eigenvalue weighted by Gasteiger charge is 2.05. The number of aryl methyl sites for hydroxylation is 1. The molecule has 2 nitrogen and oxygen atoms in total. The Balaban J connectivity index is 2.17. The van der Waals surface area contributed by atoms with Crippen LogP contribution >= 0.6 is 0 Å². The van der Waals surface area contributed by atoms with Crippen LogP contribution in [0.1, 0.15) is 89.2 Å². The van der Waals surface area contributed by atoms with Crippen molar-refractivity contribution in [2.45, 2.75) is 90.9 Å². The van der Waals surface area contributed by atoms with E-state index in [-0.39, 0.29) is 6.61 Å². The van der Waals surface area contributed by atoms with Gasteiger partial charge in [0.25, 0.3) is 0 Å². The lowest BCUT2D eigenvalue weighted by Gasteiger charge is -2.11. The molecule has 0 heterocycles. The molecule has 138 valence electrons. The van der Waals surface area contributed by atoms with Crippen LogP contribution in [0.25, 0.3) is 0 Å². The molecule has 24 heavy (non-hydrogen) atoms. The zero-order valence-corrected chi connectivity index (χ0v) is 16.0. The van der Waals surface area contributed by atoms with E-state index in [2.05, 4.69) is 25.1 Å². The number of unbranched alkanes of at least 4 members (excludes halogenated alkanes) is 9. The molecule has 0 aliphatic carbocycles. The lowest BCUT2D eigenvalue weighted by molar-refractivity contribution is 0.292. The molecule has 0 atom stereocenters. The van der Waals surface area contributed by atoms with Crippen LogP contribution in [0.4, 0.5) is 0 Å². The molecule has 0 bridgehead atoms. The van der Waals surface area contributed by atoms with E-state index in [0.29, 0.717) is 13.0 Å². The van der Waals surface area contributed by atoms with Crippen molar-refractivity contribution in [3.8, 4) is 5.75 Å². The molecule has 0 aromatic heterocycles. The van der Waals surface area contributed by atoms with Gasteiger partial charge in [0.15, 0.2) is 0 Å². The molecule has 1 N–H and O–H groups in total. The van der Waals surface area contributed by atoms with Crippen molar-refractivity contribution in [1.82, 2.24) is 0 Å². The Morgan fingerprint density at radius 3 is 2.00 bits per heavy atom. The van der Waals surface area contributed by atoms with Gasteiger partial charge in [0, 0.05) is 6.61 Å². The van der Waals surface area contributed by atoms with E-state index in [4.69, 9.17) is 4.74 Å². The molecule has 2 heteroatoms. The minimum atomic E-state index is 0.182. The fraction of sp³-hybridized carbons (Fsp3) is 0.727. The van der Waals surface area contributed by atoms with Crippen molar-refractivity contribution < 1.29 is 9.84 Å². The third-order valence-corrected chi connectivity index (χ3v) is 4.62. The maximum Gasteiger partial charge on any atom is 0.122 e. The summed E-state index contributed by atoms with van der Waals surface area (Å²) in [7, 11) is 0. The zero-order valence-electron chi connectivity index (χ0n) is 16.0. The summed E-state index contributed by atoms with van der Waals surface area (Å²) < 4.78 is 5.64. The topological polar surface area (TPSA) is 29.5 Å². The Morgan fingerprint density at radius 2 is 1.42 bits per heavy atom. The van der Waals surface area contributed by atoms with Gasteiger partial charge in [0.1, 0.15) is 5.75 Å². The van der Waals surface area contributed by atoms with Crippen LogP contribution in [-0.2, 0) is 12.8 Å². The predicted octanol–water partition coefficient (Wildman–Crippen LogP) is 6.08. The Hall–Kier alpha value is -1.02. The summed E-state index contributed by atoms with van der Waals surface area (Å²) in [6.07, 6.45) is 15.6. The van der Waals surface area contributed by atoms with E-state index < -0.39 is 0 Å². The molecule has 0 radical (unpaired) electrons. The number of ether oxygens (including phenoxy) is 1. The number of hydrogen-bond acceptors (Lipinski definition) is 2. The van der Waals surface area contributed by atoms with Crippen molar-refractivity contribution >= 4 is 0 Å². The van der Waals surface area contributed by atoms with E-state index in [9.17, 15) is 5.11 Å². The van der Waals surface area contributed by atoms with Gasteiger partial charge in [-0.15, -0.1) is 0 Å². The highest BCUT2D eigenvalue weighted by molar-refractivity contribution is 5.37. The fourth-order valence-corrected chi connectivity index (χ4v) is 3.22. The average molecular weight is 335 g/mol. The molecule has 0 saturated heterocycles. The Labute approximate surface area is 149 Å². The van der Waals surface area contributed by atoms with Gasteiger partial charge >= 0.3 is 0 Å². The maximum absolute atomic E-state index is 9.21. The lowest BCUT2D eigenvalue weighted by Crippen LogP contribution is -2.00. The van der Waals surface area contributed by atoms with Crippen molar-refractivity contribution in [3.05, 3.63) is 29.3 Å². The highest BCUT2D eigenvalue weighted by atomic mass is 16.5. The second-order valence-corrected chi connectivity index (χ2v) is 6.78. The van der Waals surface area contributed by atoms with E-state index in [0.717, 1.165) is 17.7 Å². The molecular weight excluding hydrogens is 296 g/mol. The lowest BCUT2D eigenvalue weighted by atomic mass is 10.0. The second-order valence-electron chi connectivity index (χ2n) is 6.78. The Kier molecular flexibility index (Phi) is 12.6. The van der Waals surface area contributed by atoms with Gasteiger partial charge in [0.2, 0.25) is 0 Å². The SMILES string of the molecule is CCCCCCCCCCCCc1ccc(OCC)c(CCO)c1. The van der Waals surface area contributed by atoms with Gasteiger partial charge in [-0.25, -0.2) is 0 Å². The van der Waals surface area contributed by atoms with Crippen LogP contribution in [0.2, 0.25) is 0 Å². The fourth-order valence-electron chi connectivity index (χ4n) is 3.22. The van der Waals surface area contributed by atoms with Crippen molar-refractivity contribution in [2.75, 3.05) is 13.2 Å². The van der Waals surface area contributed by atoms with Crippen molar-refractivity contribution in [2.24, 2.45) is 0 Å². The minimum Gasteiger partial charge on any atom is -0.494 e. The molecule has 0 aliphatic rings. The summed E-state index contributed by atoms with van der Waals surface area (Å²) in [5.41, 5.74) is 2.52. The third kappa shape index (κ3) is 9.32. The molecule has 0 fully saturated rings. The molecule has 1 rings (SSSR count). The van der Waals surface area contributed by atoms with Crippen molar-refractivity contribution in [3.63, 3.8) is 0 Å². The molecule has 0 unspecified atom stereocenters. The Bertz CT molecular complexity index is 414. The summed E-state index contributed by atoms with van der Waals surface area (Å²) in [5.74, 6) is 0.929. The van der Waals surface area contributed by atoms with Crippen LogP contribution in [0.3, 0.4) is 0 Å². The predicted molar refractivity (Wildman–Crippen MR) is 104 cm³/mol. The number of rotatable bonds is 15. The first kappa shape index (κ1) is 21.0. The summed E-state index contributed by atoms with van der Waals surface area (Å²) in [5, 5.41) is 9.21. The molecule has 0 aliphatic heterocycles. The van der Waals surface area contributed by atoms with E-state index in [1.165, 1.54) is 69.8 Å². The summed E-state index contributed by atoms with van der Waals surface area (Å²) in [6.45, 7) is 5.13. The number of aliphatic hydroxyl groups is 1. The van der Waals surface area contributed by atoms with Crippen LogP contribution < -0.4 is 4.74 Å². The first-order valence-electron chi connectivity index (χ1n) is 10.2. The average Bonchev–Trinajstić information content (AvgIpc) is 2.59. The summed E-state index contributed by atoms with van der Waals surface area (Å²) >= 11 is 0. The molecular formula is C22H38O2. The minimum absolute atomic E-state index is 0.182. The maximum atomic E-state index is 9.21. The number of benzene rings is 1. The third-order valence-electron chi connectivity index (χ3n) is 4.62. The number of hydrogen-bond donors (Lipinski definition) is 1. The van der Waals surface area contributed by atoms with Gasteiger partial charge in [0.05, 0.1) is 6.61 Å². The smallest absolute Gasteiger partial charge is 0.122 e. The normalized spacial score (nSPS) is 11.0. The zero-order chi connectivity index (χ0) is 17.5. The quantitative estimate of drug-likeness (QED) is 0.394. The first-order chi connectivity index (χ1) is 11.8. The van der Waals surface area contributed by atoms with Crippen LogP contribution in [0.5, 0.6) is 5.75 Å². The first-order valence-corrected chi connectivity index (χ1v) is 10.2. The molecule has 0 amide bonds. The van der Waals surface area contributed by atoms with E-state index >= 15 is 0 Å². The largest absolute Gasteiger partial charge is 0.494 e. The van der Waals surface area contributed by atoms with E-state index in [1.807, 2.05) is 6.92 Å². The van der Waals surface area contributed by atoms with Crippen LogP contribution in [0, 0.1) is 0 Å². The standard InChI is InChI=1S/C22H38O2/c1-3-5-6-7-8-9-10-11-12-13-14-20-15-16-22(24-4-2)21(19-20)17-18-23/h15-16,19,23H,3-14,17-18H2,1-2H3. The van der Waals surface area contributed by atoms with Gasteiger partial charge in [-0.3, -0.25) is 0 Å². The molecule has 0 saturated carbocycles. The molecule has 1 aromatic rings. The Morgan fingerprint density at radius 1 is 0.792 bits per heavy atom. The van der Waals surface area contributed by atoms with Crippen molar-refractivity contribution in [1.29, 1.82) is 0 Å². The second kappa shape index (κ2) is 14.3. The van der Waals surface area contributed by atoms with Gasteiger partial charge in [-0.1, -0.05) is 76.8 Å². The summed E-state index contributed by atoms with van der Waals surface area (Å²) in [4.78, 5) is 0. The molecule has 1 aromatic carbocycles. The molecule has 0 spiro atoms. The van der Waals surface area contributed by atoms with Gasteiger partial charge in [-0.05, 0) is 43.4 Å². The van der Waals surface area contributed by atoms with E-state index in [1.54, 1.807) is 0 Å². The van der Waals surface area contributed by atoms with Crippen LogP contribution in [-0.4, -0.2) is 18.3 Å². The van der Waals surface area contributed by atoms with Crippen LogP contribution in [0.15, 0.2) is 18.2 Å². The van der Waals surface area contributed by atoms with Gasteiger partial charge < -0.3 is 9.84 Å². The summed E-state index contributed by atoms with van der Waals surface area (Å²) in [6, 6.07) is 6.47.